The second kappa shape index (κ2) is 5.13. The normalized spacial score (nSPS) is 16.1. The number of methoxy groups -OCH3 is 2. The fourth-order valence-corrected chi connectivity index (χ4v) is 2.19. The van der Waals surface area contributed by atoms with Crippen molar-refractivity contribution in [3.05, 3.63) is 24.0 Å². The monoisotopic (exact) mass is 276 g/mol. The number of aromatic hydroxyl groups is 1. The molecule has 20 heavy (non-hydrogen) atoms. The van der Waals surface area contributed by atoms with E-state index in [-0.39, 0.29) is 17.7 Å². The summed E-state index contributed by atoms with van der Waals surface area (Å²) in [4.78, 5) is 4.33. The lowest BCUT2D eigenvalue weighted by atomic mass is 10.2. The summed E-state index contributed by atoms with van der Waals surface area (Å²) >= 11 is 0. The first-order chi connectivity index (χ1) is 9.72. The average molecular weight is 276 g/mol. The maximum absolute atomic E-state index is 9.96. The number of ether oxygens (including phenoxy) is 2. The number of nitrogens with zero attached hydrogens (tertiary/aromatic N) is 2. The van der Waals surface area contributed by atoms with Crippen LogP contribution in [0.25, 0.3) is 11.5 Å². The molecule has 0 aliphatic heterocycles. The molecule has 0 saturated heterocycles. The SMILES string of the molecule is COc1ccc(-c2nc(C(OC)C3CC3)no2)c(O)c1. The number of phenols is 1. The predicted molar refractivity (Wildman–Crippen MR) is 70.4 cm³/mol. The lowest BCUT2D eigenvalue weighted by Gasteiger charge is -2.08. The Labute approximate surface area is 116 Å². The number of aromatic nitrogens is 2. The second-order valence-electron chi connectivity index (χ2n) is 4.83. The molecule has 6 nitrogen and oxygen atoms in total. The van der Waals surface area contributed by atoms with Crippen LogP contribution in [0.2, 0.25) is 0 Å². The molecule has 1 N–H and O–H groups in total. The fraction of sp³-hybridized carbons (Fsp3) is 0.429. The van der Waals surface area contributed by atoms with Crippen LogP contribution in [0.3, 0.4) is 0 Å². The van der Waals surface area contributed by atoms with E-state index >= 15 is 0 Å². The fourth-order valence-electron chi connectivity index (χ4n) is 2.19. The molecule has 0 amide bonds. The molecule has 0 spiro atoms. The lowest BCUT2D eigenvalue weighted by molar-refractivity contribution is 0.0751. The zero-order chi connectivity index (χ0) is 14.1. The summed E-state index contributed by atoms with van der Waals surface area (Å²) in [5.74, 6) is 1.89. The van der Waals surface area contributed by atoms with Crippen LogP contribution in [0.15, 0.2) is 22.7 Å². The lowest BCUT2D eigenvalue weighted by Crippen LogP contribution is -2.05. The van der Waals surface area contributed by atoms with Gasteiger partial charge in [-0.3, -0.25) is 0 Å². The quantitative estimate of drug-likeness (QED) is 0.904. The van der Waals surface area contributed by atoms with Gasteiger partial charge in [-0.2, -0.15) is 4.98 Å². The Kier molecular flexibility index (Phi) is 3.31. The highest BCUT2D eigenvalue weighted by atomic mass is 16.5. The van der Waals surface area contributed by atoms with E-state index in [1.165, 1.54) is 13.2 Å². The summed E-state index contributed by atoms with van der Waals surface area (Å²) in [5.41, 5.74) is 0.482. The molecule has 1 aliphatic carbocycles. The molecule has 1 saturated carbocycles. The molecule has 6 heteroatoms. The number of benzene rings is 1. The molecule has 106 valence electrons. The largest absolute Gasteiger partial charge is 0.507 e. The summed E-state index contributed by atoms with van der Waals surface area (Å²) < 4.78 is 15.7. The van der Waals surface area contributed by atoms with Crippen LogP contribution in [0.1, 0.15) is 24.8 Å². The molecule has 1 atom stereocenters. The minimum atomic E-state index is -0.132. The van der Waals surface area contributed by atoms with Crippen molar-refractivity contribution in [1.29, 1.82) is 0 Å². The highest BCUT2D eigenvalue weighted by molar-refractivity contribution is 5.63. The first kappa shape index (κ1) is 12.9. The number of hydrogen-bond acceptors (Lipinski definition) is 6. The van der Waals surface area contributed by atoms with Crippen molar-refractivity contribution in [3.8, 4) is 23.0 Å². The Hall–Kier alpha value is -2.08. The minimum absolute atomic E-state index is 0.0416. The van der Waals surface area contributed by atoms with Crippen LogP contribution >= 0.6 is 0 Å². The van der Waals surface area contributed by atoms with Gasteiger partial charge in [-0.1, -0.05) is 5.16 Å². The van der Waals surface area contributed by atoms with Gasteiger partial charge in [-0.05, 0) is 30.9 Å². The van der Waals surface area contributed by atoms with E-state index in [1.807, 2.05) is 0 Å². The molecule has 0 radical (unpaired) electrons. The van der Waals surface area contributed by atoms with Crippen LogP contribution in [-0.2, 0) is 4.74 Å². The van der Waals surface area contributed by atoms with Gasteiger partial charge in [-0.25, -0.2) is 0 Å². The smallest absolute Gasteiger partial charge is 0.261 e. The highest BCUT2D eigenvalue weighted by Crippen LogP contribution is 2.42. The Balaban J connectivity index is 1.89. The highest BCUT2D eigenvalue weighted by Gasteiger charge is 2.35. The maximum atomic E-state index is 9.96. The summed E-state index contributed by atoms with van der Waals surface area (Å²) in [6.45, 7) is 0. The molecule has 2 aromatic rings. The molecule has 1 fully saturated rings. The van der Waals surface area contributed by atoms with Crippen LogP contribution < -0.4 is 4.74 Å². The number of phenolic OH excluding ortho intramolecular Hbond substituents is 1. The van der Waals surface area contributed by atoms with Gasteiger partial charge in [0.2, 0.25) is 5.82 Å². The van der Waals surface area contributed by atoms with Crippen LogP contribution in [-0.4, -0.2) is 29.5 Å². The summed E-state index contributed by atoms with van der Waals surface area (Å²) in [6.07, 6.45) is 2.11. The Morgan fingerprint density at radius 2 is 2.15 bits per heavy atom. The zero-order valence-electron chi connectivity index (χ0n) is 11.4. The van der Waals surface area contributed by atoms with Crippen molar-refractivity contribution in [2.45, 2.75) is 18.9 Å². The molecule has 3 rings (SSSR count). The average Bonchev–Trinajstić information content (AvgIpc) is 3.17. The molecular formula is C14H16N2O4. The maximum Gasteiger partial charge on any atom is 0.261 e. The van der Waals surface area contributed by atoms with Gasteiger partial charge in [0.25, 0.3) is 5.89 Å². The Morgan fingerprint density at radius 3 is 2.75 bits per heavy atom. The van der Waals surface area contributed by atoms with Crippen molar-refractivity contribution in [1.82, 2.24) is 10.1 Å². The predicted octanol–water partition coefficient (Wildman–Crippen LogP) is 2.55. The van der Waals surface area contributed by atoms with Crippen molar-refractivity contribution >= 4 is 0 Å². The molecule has 0 bridgehead atoms. The van der Waals surface area contributed by atoms with Crippen molar-refractivity contribution < 1.29 is 19.1 Å². The first-order valence-electron chi connectivity index (χ1n) is 6.46. The topological polar surface area (TPSA) is 77.6 Å². The summed E-state index contributed by atoms with van der Waals surface area (Å²) in [6, 6.07) is 4.92. The Bertz CT molecular complexity index is 607. The van der Waals surface area contributed by atoms with Crippen molar-refractivity contribution in [3.63, 3.8) is 0 Å². The van der Waals surface area contributed by atoms with Crippen molar-refractivity contribution in [2.24, 2.45) is 5.92 Å². The van der Waals surface area contributed by atoms with Gasteiger partial charge in [-0.15, -0.1) is 0 Å². The molecule has 1 unspecified atom stereocenters. The standard InChI is InChI=1S/C14H16N2O4/c1-18-9-5-6-10(11(17)7-9)14-15-13(16-20-14)12(19-2)8-3-4-8/h5-8,12,17H,3-4H2,1-2H3. The van der Waals surface area contributed by atoms with E-state index in [0.29, 0.717) is 23.1 Å². The van der Waals surface area contributed by atoms with E-state index in [1.54, 1.807) is 19.2 Å². The number of rotatable bonds is 5. The van der Waals surface area contributed by atoms with E-state index in [9.17, 15) is 5.11 Å². The third-order valence-corrected chi connectivity index (χ3v) is 3.44. The third-order valence-electron chi connectivity index (χ3n) is 3.44. The van der Waals surface area contributed by atoms with Gasteiger partial charge in [0.05, 0.1) is 12.7 Å². The van der Waals surface area contributed by atoms with Crippen LogP contribution in [0.4, 0.5) is 0 Å². The van der Waals surface area contributed by atoms with Crippen LogP contribution in [0.5, 0.6) is 11.5 Å². The van der Waals surface area contributed by atoms with E-state index < -0.39 is 0 Å². The van der Waals surface area contributed by atoms with Gasteiger partial charge < -0.3 is 19.1 Å². The van der Waals surface area contributed by atoms with Gasteiger partial charge in [0.1, 0.15) is 17.6 Å². The molecule has 1 aromatic carbocycles. The van der Waals surface area contributed by atoms with Gasteiger partial charge in [0, 0.05) is 13.2 Å². The molecular weight excluding hydrogens is 260 g/mol. The first-order valence-corrected chi connectivity index (χ1v) is 6.46. The Morgan fingerprint density at radius 1 is 1.35 bits per heavy atom. The van der Waals surface area contributed by atoms with E-state index in [2.05, 4.69) is 10.1 Å². The van der Waals surface area contributed by atoms with E-state index in [0.717, 1.165) is 12.8 Å². The van der Waals surface area contributed by atoms with Crippen molar-refractivity contribution in [2.75, 3.05) is 14.2 Å². The summed E-state index contributed by atoms with van der Waals surface area (Å²) in [7, 11) is 3.18. The van der Waals surface area contributed by atoms with Gasteiger partial charge >= 0.3 is 0 Å². The molecule has 1 aliphatic rings. The van der Waals surface area contributed by atoms with Crippen LogP contribution in [0, 0.1) is 5.92 Å². The molecule has 1 heterocycles. The number of hydrogen-bond donors (Lipinski definition) is 1. The zero-order valence-corrected chi connectivity index (χ0v) is 11.4. The second-order valence-corrected chi connectivity index (χ2v) is 4.83. The molecule has 1 aromatic heterocycles. The van der Waals surface area contributed by atoms with E-state index in [4.69, 9.17) is 14.0 Å². The third kappa shape index (κ3) is 2.34. The van der Waals surface area contributed by atoms with Gasteiger partial charge in [0.15, 0.2) is 0 Å². The summed E-state index contributed by atoms with van der Waals surface area (Å²) in [5, 5.41) is 13.9. The minimum Gasteiger partial charge on any atom is -0.507 e.